The zero-order chi connectivity index (χ0) is 23.8. The summed E-state index contributed by atoms with van der Waals surface area (Å²) in [6.45, 7) is 5.65. The van der Waals surface area contributed by atoms with Crippen LogP contribution < -0.4 is 10.1 Å². The number of β-amino-alcohol motifs (C(OH)–C–C–N with tert-alkyl or cyclic N) is 1. The summed E-state index contributed by atoms with van der Waals surface area (Å²) >= 11 is 5.96. The third kappa shape index (κ3) is 4.32. The molecule has 0 saturated heterocycles. The Labute approximate surface area is 205 Å². The maximum Gasteiger partial charge on any atom is 0.236 e. The minimum absolute atomic E-state index is 0.324. The number of aliphatic hydroxyl groups is 1. The molecule has 2 N–H and O–H groups in total. The Hall–Kier alpha value is -2.83. The number of hydrogen-bond donors (Lipinski definition) is 2. The third-order valence-electron chi connectivity index (χ3n) is 6.76. The van der Waals surface area contributed by atoms with Gasteiger partial charge in [0, 0.05) is 17.0 Å². The molecule has 0 amide bonds. The number of oxime groups is 1. The average Bonchev–Trinajstić information content (AvgIpc) is 3.07. The molecule has 0 aromatic heterocycles. The lowest BCUT2D eigenvalue weighted by atomic mass is 9.68. The van der Waals surface area contributed by atoms with Gasteiger partial charge in [0.2, 0.25) is 6.34 Å². The molecule has 1 fully saturated rings. The van der Waals surface area contributed by atoms with E-state index in [1.165, 1.54) is 5.57 Å². The molecule has 1 saturated carbocycles. The van der Waals surface area contributed by atoms with Gasteiger partial charge in [0.15, 0.2) is 11.2 Å². The molecule has 2 unspecified atom stereocenters. The highest BCUT2D eigenvalue weighted by Crippen LogP contribution is 2.47. The Balaban J connectivity index is 1.41. The zero-order valence-corrected chi connectivity index (χ0v) is 20.4. The molecule has 7 heteroatoms. The summed E-state index contributed by atoms with van der Waals surface area (Å²) in [5.74, 6) is 1.93. The molecule has 1 aliphatic carbocycles. The predicted molar refractivity (Wildman–Crippen MR) is 134 cm³/mol. The number of fused-ring (bicyclic) bond motifs is 1. The van der Waals surface area contributed by atoms with Crippen molar-refractivity contribution in [2.75, 3.05) is 13.1 Å². The number of nitrogens with one attached hydrogen (secondary N) is 1. The van der Waals surface area contributed by atoms with E-state index in [4.69, 9.17) is 21.2 Å². The third-order valence-corrected chi connectivity index (χ3v) is 7.02. The van der Waals surface area contributed by atoms with Crippen molar-refractivity contribution in [3.05, 3.63) is 70.9 Å². The minimum atomic E-state index is -1.25. The van der Waals surface area contributed by atoms with E-state index < -0.39 is 11.2 Å². The molecule has 178 valence electrons. The first-order chi connectivity index (χ1) is 16.4. The molecule has 2 heterocycles. The predicted octanol–water partition coefficient (Wildman–Crippen LogP) is 5.09. The second-order valence-electron chi connectivity index (χ2n) is 9.88. The lowest BCUT2D eigenvalue weighted by molar-refractivity contribution is -0.462. The summed E-state index contributed by atoms with van der Waals surface area (Å²) in [7, 11) is 0. The van der Waals surface area contributed by atoms with Crippen LogP contribution >= 0.6 is 11.6 Å². The maximum atomic E-state index is 12.1. The van der Waals surface area contributed by atoms with Crippen molar-refractivity contribution in [2.45, 2.75) is 50.7 Å². The van der Waals surface area contributed by atoms with Crippen molar-refractivity contribution in [3.8, 4) is 11.5 Å². The number of benzene rings is 2. The SMILES string of the molecule is CC(C)C[N+]1=CNCC2(O)C(c3ccc(Oc4ccc(Cl)cc4)cc3)=NOC23CCCC(=C1)C3. The number of halogens is 1. The van der Waals surface area contributed by atoms with E-state index in [9.17, 15) is 5.11 Å². The average molecular weight is 481 g/mol. The number of hydrogen-bond acceptors (Lipinski definition) is 5. The normalized spacial score (nSPS) is 26.1. The molecule has 3 aliphatic rings. The highest BCUT2D eigenvalue weighted by molar-refractivity contribution is 6.30. The molecule has 2 bridgehead atoms. The molecular formula is C27H31ClN3O3+. The van der Waals surface area contributed by atoms with Gasteiger partial charge in [-0.15, -0.1) is 0 Å². The quantitative estimate of drug-likeness (QED) is 0.585. The monoisotopic (exact) mass is 480 g/mol. The van der Waals surface area contributed by atoms with Crippen molar-refractivity contribution >= 4 is 23.7 Å². The van der Waals surface area contributed by atoms with E-state index >= 15 is 0 Å². The van der Waals surface area contributed by atoms with Crippen molar-refractivity contribution < 1.29 is 19.3 Å². The second-order valence-corrected chi connectivity index (χ2v) is 10.3. The van der Waals surface area contributed by atoms with Gasteiger partial charge in [0.1, 0.15) is 23.8 Å². The van der Waals surface area contributed by atoms with Gasteiger partial charge in [0.05, 0.1) is 12.7 Å². The molecule has 2 aromatic carbocycles. The van der Waals surface area contributed by atoms with Crippen LogP contribution in [0.5, 0.6) is 11.5 Å². The molecule has 2 aliphatic heterocycles. The van der Waals surface area contributed by atoms with Crippen molar-refractivity contribution in [3.63, 3.8) is 0 Å². The Bertz CT molecular complexity index is 1140. The Morgan fingerprint density at radius 1 is 1.15 bits per heavy atom. The summed E-state index contributed by atoms with van der Waals surface area (Å²) in [5, 5.41) is 20.6. The summed E-state index contributed by atoms with van der Waals surface area (Å²) in [6, 6.07) is 14.8. The minimum Gasteiger partial charge on any atom is -0.457 e. The van der Waals surface area contributed by atoms with Crippen molar-refractivity contribution in [1.82, 2.24) is 5.32 Å². The molecule has 6 nitrogen and oxygen atoms in total. The fraction of sp³-hybridized carbons (Fsp3) is 0.407. The van der Waals surface area contributed by atoms with Crippen LogP contribution in [0.15, 0.2) is 65.5 Å². The highest BCUT2D eigenvalue weighted by atomic mass is 35.5. The second kappa shape index (κ2) is 9.08. The Morgan fingerprint density at radius 2 is 1.85 bits per heavy atom. The standard InChI is InChI=1S/C27H30ClN3O3/c1-19(2)15-31-16-20-4-3-13-26(14-20)27(32,17-29-18-31)25(30-34-26)21-5-9-23(10-6-21)33-24-11-7-22(28)8-12-24/h5-12,16,18-19,32H,3-4,13-15,17H2,1-2H3/p+1. The van der Waals surface area contributed by atoms with Gasteiger partial charge in [-0.1, -0.05) is 30.6 Å². The van der Waals surface area contributed by atoms with Gasteiger partial charge in [-0.05, 0) is 79.3 Å². The summed E-state index contributed by atoms with van der Waals surface area (Å²) in [4.78, 5) is 6.11. The Morgan fingerprint density at radius 3 is 2.56 bits per heavy atom. The van der Waals surface area contributed by atoms with E-state index in [2.05, 4.69) is 35.1 Å². The largest absolute Gasteiger partial charge is 0.457 e. The molecule has 1 spiro atoms. The lowest BCUT2D eigenvalue weighted by Gasteiger charge is -2.41. The number of nitrogens with zero attached hydrogens (tertiary/aromatic N) is 2. The lowest BCUT2D eigenvalue weighted by Crippen LogP contribution is -2.62. The Kier molecular flexibility index (Phi) is 6.13. The number of ether oxygens (including phenoxy) is 1. The molecule has 0 radical (unpaired) electrons. The van der Waals surface area contributed by atoms with Crippen molar-refractivity contribution in [2.24, 2.45) is 11.1 Å². The van der Waals surface area contributed by atoms with Gasteiger partial charge in [-0.3, -0.25) is 5.32 Å². The highest BCUT2D eigenvalue weighted by Gasteiger charge is 2.62. The zero-order valence-electron chi connectivity index (χ0n) is 19.6. The van der Waals surface area contributed by atoms with Crippen LogP contribution in [-0.4, -0.2) is 46.0 Å². The summed E-state index contributed by atoms with van der Waals surface area (Å²) in [6.07, 6.45) is 7.58. The van der Waals surface area contributed by atoms with Gasteiger partial charge in [0.25, 0.3) is 0 Å². The van der Waals surface area contributed by atoms with Gasteiger partial charge in [-0.25, -0.2) is 4.58 Å². The first-order valence-electron chi connectivity index (χ1n) is 11.9. The summed E-state index contributed by atoms with van der Waals surface area (Å²) < 4.78 is 8.12. The van der Waals surface area contributed by atoms with E-state index in [0.717, 1.165) is 31.4 Å². The number of rotatable bonds is 5. The topological polar surface area (TPSA) is 66.1 Å². The van der Waals surface area contributed by atoms with Crippen LogP contribution in [0.1, 0.15) is 45.1 Å². The molecule has 34 heavy (non-hydrogen) atoms. The van der Waals surface area contributed by atoms with E-state index in [1.807, 2.05) is 42.7 Å². The summed E-state index contributed by atoms with van der Waals surface area (Å²) in [5.41, 5.74) is 0.645. The molecule has 2 atom stereocenters. The van der Waals surface area contributed by atoms with Crippen LogP contribution in [0.3, 0.4) is 0 Å². The van der Waals surface area contributed by atoms with Gasteiger partial charge >= 0.3 is 0 Å². The first-order valence-corrected chi connectivity index (χ1v) is 12.3. The van der Waals surface area contributed by atoms with Gasteiger partial charge in [-0.2, -0.15) is 0 Å². The van der Waals surface area contributed by atoms with E-state index in [1.54, 1.807) is 12.1 Å². The van der Waals surface area contributed by atoms with E-state index in [-0.39, 0.29) is 0 Å². The van der Waals surface area contributed by atoms with Crippen LogP contribution in [0.25, 0.3) is 0 Å². The fourth-order valence-corrected chi connectivity index (χ4v) is 5.28. The van der Waals surface area contributed by atoms with Gasteiger partial charge < -0.3 is 14.7 Å². The van der Waals surface area contributed by atoms with Crippen LogP contribution in [0.2, 0.25) is 5.02 Å². The van der Waals surface area contributed by atoms with E-state index in [0.29, 0.717) is 41.1 Å². The first kappa shape index (κ1) is 22.9. The maximum absolute atomic E-state index is 12.1. The molecule has 2 aromatic rings. The van der Waals surface area contributed by atoms with Crippen molar-refractivity contribution in [1.29, 1.82) is 0 Å². The smallest absolute Gasteiger partial charge is 0.236 e. The van der Waals surface area contributed by atoms with Crippen LogP contribution in [0.4, 0.5) is 0 Å². The van der Waals surface area contributed by atoms with Crippen LogP contribution in [0, 0.1) is 5.92 Å². The van der Waals surface area contributed by atoms with Crippen LogP contribution in [-0.2, 0) is 4.84 Å². The molecule has 5 rings (SSSR count). The fourth-order valence-electron chi connectivity index (χ4n) is 5.15. The molecular weight excluding hydrogens is 450 g/mol.